The fourth-order valence-electron chi connectivity index (χ4n) is 6.26. The highest BCUT2D eigenvalue weighted by atomic mass is 19.4. The molecule has 3 aromatic rings. The number of aliphatic carboxylic acids is 1. The van der Waals surface area contributed by atoms with E-state index in [9.17, 15) is 31.9 Å². The number of primary amides is 1. The van der Waals surface area contributed by atoms with Gasteiger partial charge in [-0.1, -0.05) is 37.1 Å². The Labute approximate surface area is 274 Å². The summed E-state index contributed by atoms with van der Waals surface area (Å²) in [6, 6.07) is 7.68. The van der Waals surface area contributed by atoms with E-state index in [1.54, 1.807) is 0 Å². The molecule has 2 amide bonds. The Hall–Kier alpha value is -4.62. The number of carboxylic acid groups (broad SMARTS) is 1. The molecule has 4 N–H and O–H groups in total. The van der Waals surface area contributed by atoms with Crippen molar-refractivity contribution in [1.82, 2.24) is 14.5 Å². The van der Waals surface area contributed by atoms with E-state index in [0.29, 0.717) is 44.3 Å². The lowest BCUT2D eigenvalue weighted by Crippen LogP contribution is -2.49. The number of carboxylic acids is 1. The molecule has 0 unspecified atom stereocenters. The Kier molecular flexibility index (Phi) is 10.6. The van der Waals surface area contributed by atoms with Gasteiger partial charge in [0.15, 0.2) is 0 Å². The van der Waals surface area contributed by atoms with Crippen molar-refractivity contribution in [2.24, 2.45) is 17.6 Å². The van der Waals surface area contributed by atoms with Crippen LogP contribution in [-0.4, -0.2) is 62.1 Å². The number of imidazole rings is 1. The summed E-state index contributed by atoms with van der Waals surface area (Å²) in [5.74, 6) is -3.52. The predicted octanol–water partition coefficient (Wildman–Crippen LogP) is 5.76. The molecule has 2 fully saturated rings. The van der Waals surface area contributed by atoms with Gasteiger partial charge in [0.1, 0.15) is 24.0 Å². The first-order valence-corrected chi connectivity index (χ1v) is 16.1. The van der Waals surface area contributed by atoms with Crippen molar-refractivity contribution in [3.63, 3.8) is 0 Å². The van der Waals surface area contributed by atoms with Gasteiger partial charge in [0.05, 0.1) is 29.1 Å². The van der Waals surface area contributed by atoms with Gasteiger partial charge in [-0.25, -0.2) is 4.39 Å². The third kappa shape index (κ3) is 8.26. The Morgan fingerprint density at radius 3 is 2.60 bits per heavy atom. The summed E-state index contributed by atoms with van der Waals surface area (Å²) in [6.07, 6.45) is 1.90. The molecule has 48 heavy (non-hydrogen) atoms. The SMILES string of the molecule is CCn1c(O[C@@H]2C[C@@H](C(N)=O)N(C(=O)[C@H](CCCCC/C=C\[C@@H]3C[C@@H]3C(=O)O)Nc3cc(F)cc(C(F)(F)F)c3)C2)nc2ccccc21. The highest BCUT2D eigenvalue weighted by Crippen LogP contribution is 2.40. The van der Waals surface area contributed by atoms with Gasteiger partial charge < -0.3 is 25.8 Å². The van der Waals surface area contributed by atoms with Crippen LogP contribution >= 0.6 is 0 Å². The molecule has 1 saturated carbocycles. The lowest BCUT2D eigenvalue weighted by molar-refractivity contribution is -0.139. The average Bonchev–Trinajstić information content (AvgIpc) is 3.55. The lowest BCUT2D eigenvalue weighted by Gasteiger charge is -2.28. The highest BCUT2D eigenvalue weighted by molar-refractivity contribution is 5.91. The number of carbonyl (C=O) groups excluding carboxylic acids is 2. The number of aromatic nitrogens is 2. The van der Waals surface area contributed by atoms with Crippen molar-refractivity contribution in [3.05, 3.63) is 66.0 Å². The number of hydrogen-bond donors (Lipinski definition) is 3. The number of nitrogens with two attached hydrogens (primary N) is 1. The number of ether oxygens (including phenoxy) is 1. The first-order chi connectivity index (χ1) is 22.8. The second-order valence-electron chi connectivity index (χ2n) is 12.3. The minimum absolute atomic E-state index is 0.0161. The van der Waals surface area contributed by atoms with Gasteiger partial charge in [-0.2, -0.15) is 18.2 Å². The smallest absolute Gasteiger partial charge is 0.416 e. The number of fused-ring (bicyclic) bond motifs is 1. The van der Waals surface area contributed by atoms with Crippen LogP contribution in [0.25, 0.3) is 11.0 Å². The molecule has 1 aliphatic heterocycles. The summed E-state index contributed by atoms with van der Waals surface area (Å²) < 4.78 is 62.7. The van der Waals surface area contributed by atoms with Crippen molar-refractivity contribution >= 4 is 34.5 Å². The summed E-state index contributed by atoms with van der Waals surface area (Å²) >= 11 is 0. The van der Waals surface area contributed by atoms with E-state index in [1.165, 1.54) is 4.90 Å². The van der Waals surface area contributed by atoms with E-state index in [1.807, 2.05) is 47.9 Å². The summed E-state index contributed by atoms with van der Waals surface area (Å²) in [7, 11) is 0. The van der Waals surface area contributed by atoms with E-state index >= 15 is 0 Å². The molecule has 10 nitrogen and oxygen atoms in total. The number of alkyl halides is 3. The number of likely N-dealkylation sites (tertiary alicyclic amines) is 1. The number of nitrogens with zero attached hydrogens (tertiary/aromatic N) is 3. The number of amides is 2. The van der Waals surface area contributed by atoms with Crippen LogP contribution in [0, 0.1) is 17.7 Å². The standard InChI is InChI=1S/C34H39F4N5O5/c1-2-42-28-13-9-8-11-26(28)41-33(42)48-24-18-29(30(39)44)43(19-24)31(45)27(40-23-16-21(34(36,37)38)15-22(35)17-23)12-7-5-3-4-6-10-20-14-25(20)32(46)47/h6,8-11,13,15-17,20,24-25,27,29,40H,2-5,7,12,14,18-19H2,1H3,(H2,39,44)(H,46,47)/b10-6-/t20-,24-,25+,27+,29+/m1/s1. The zero-order valence-corrected chi connectivity index (χ0v) is 26.5. The molecule has 258 valence electrons. The number of unbranched alkanes of at least 4 members (excludes halogenated alkanes) is 3. The molecule has 0 bridgehead atoms. The Morgan fingerprint density at radius 1 is 1.15 bits per heavy atom. The maximum atomic E-state index is 14.3. The molecule has 0 radical (unpaired) electrons. The topological polar surface area (TPSA) is 140 Å². The number of para-hydroxylation sites is 2. The largest absolute Gasteiger partial charge is 0.481 e. The molecular weight excluding hydrogens is 634 g/mol. The summed E-state index contributed by atoms with van der Waals surface area (Å²) in [5.41, 5.74) is 5.87. The van der Waals surface area contributed by atoms with Crippen LogP contribution in [0.5, 0.6) is 6.01 Å². The van der Waals surface area contributed by atoms with Crippen LogP contribution in [0.2, 0.25) is 0 Å². The van der Waals surface area contributed by atoms with Gasteiger partial charge in [0.2, 0.25) is 11.8 Å². The fourth-order valence-corrected chi connectivity index (χ4v) is 6.26. The van der Waals surface area contributed by atoms with E-state index in [2.05, 4.69) is 10.3 Å². The third-order valence-corrected chi connectivity index (χ3v) is 8.85. The molecule has 1 aromatic heterocycles. The third-order valence-electron chi connectivity index (χ3n) is 8.85. The molecular formula is C34H39F4N5O5. The number of aryl methyl sites for hydroxylation is 1. The average molecular weight is 674 g/mol. The highest BCUT2D eigenvalue weighted by Gasteiger charge is 2.43. The second kappa shape index (κ2) is 14.7. The van der Waals surface area contributed by atoms with Crippen LogP contribution in [-0.2, 0) is 27.1 Å². The van der Waals surface area contributed by atoms with Crippen molar-refractivity contribution in [2.75, 3.05) is 11.9 Å². The van der Waals surface area contributed by atoms with E-state index in [-0.39, 0.29) is 36.9 Å². The second-order valence-corrected chi connectivity index (χ2v) is 12.3. The zero-order chi connectivity index (χ0) is 34.6. The van der Waals surface area contributed by atoms with Crippen LogP contribution in [0.4, 0.5) is 23.2 Å². The number of carbonyl (C=O) groups is 3. The van der Waals surface area contributed by atoms with Crippen LogP contribution < -0.4 is 15.8 Å². The Balaban J connectivity index is 1.29. The van der Waals surface area contributed by atoms with Gasteiger partial charge in [-0.3, -0.25) is 19.0 Å². The van der Waals surface area contributed by atoms with Crippen molar-refractivity contribution < 1.29 is 41.8 Å². The molecule has 2 heterocycles. The molecule has 0 spiro atoms. The molecule has 1 aliphatic carbocycles. The molecule has 14 heteroatoms. The number of allylic oxidation sites excluding steroid dienone is 2. The summed E-state index contributed by atoms with van der Waals surface area (Å²) in [6.45, 7) is 2.48. The number of halogens is 4. The normalized spacial score (nSPS) is 21.5. The van der Waals surface area contributed by atoms with Crippen molar-refractivity contribution in [2.45, 2.75) is 82.8 Å². The van der Waals surface area contributed by atoms with Crippen LogP contribution in [0.1, 0.15) is 57.4 Å². The predicted molar refractivity (Wildman–Crippen MR) is 169 cm³/mol. The number of anilines is 1. The number of benzene rings is 2. The first-order valence-electron chi connectivity index (χ1n) is 16.1. The summed E-state index contributed by atoms with van der Waals surface area (Å²) in [4.78, 5) is 43.4. The van der Waals surface area contributed by atoms with Gasteiger partial charge in [0.25, 0.3) is 6.01 Å². The zero-order valence-electron chi connectivity index (χ0n) is 26.5. The van der Waals surface area contributed by atoms with Crippen LogP contribution in [0.15, 0.2) is 54.6 Å². The molecule has 5 rings (SSSR count). The maximum absolute atomic E-state index is 14.3. The van der Waals surface area contributed by atoms with Crippen molar-refractivity contribution in [1.29, 1.82) is 0 Å². The maximum Gasteiger partial charge on any atom is 0.416 e. The molecule has 2 aromatic carbocycles. The van der Waals surface area contributed by atoms with E-state index in [4.69, 9.17) is 15.6 Å². The fraction of sp³-hybridized carbons (Fsp3) is 0.471. The number of hydrogen-bond acceptors (Lipinski definition) is 6. The Morgan fingerprint density at radius 2 is 1.92 bits per heavy atom. The first kappa shape index (κ1) is 34.7. The quantitative estimate of drug-likeness (QED) is 0.106. The molecule has 1 saturated heterocycles. The monoisotopic (exact) mass is 673 g/mol. The minimum Gasteiger partial charge on any atom is -0.481 e. The van der Waals surface area contributed by atoms with Gasteiger partial charge in [-0.15, -0.1) is 0 Å². The van der Waals surface area contributed by atoms with Crippen LogP contribution in [0.3, 0.4) is 0 Å². The molecule has 5 atom stereocenters. The molecule has 2 aliphatic rings. The number of rotatable bonds is 15. The number of nitrogens with one attached hydrogen (secondary N) is 1. The van der Waals surface area contributed by atoms with Gasteiger partial charge >= 0.3 is 12.1 Å². The Bertz CT molecular complexity index is 1670. The summed E-state index contributed by atoms with van der Waals surface area (Å²) in [5, 5.41) is 11.8. The van der Waals surface area contributed by atoms with Gasteiger partial charge in [0, 0.05) is 18.7 Å². The van der Waals surface area contributed by atoms with E-state index < -0.39 is 53.5 Å². The minimum atomic E-state index is -4.80. The lowest BCUT2D eigenvalue weighted by atomic mass is 10.0. The van der Waals surface area contributed by atoms with E-state index in [0.717, 1.165) is 29.6 Å². The van der Waals surface area contributed by atoms with Gasteiger partial charge in [-0.05, 0) is 68.9 Å². The van der Waals surface area contributed by atoms with Crippen molar-refractivity contribution in [3.8, 4) is 6.01 Å².